The Morgan fingerprint density at radius 2 is 1.87 bits per heavy atom. The van der Waals surface area contributed by atoms with Crippen LogP contribution in [0.15, 0.2) is 60.8 Å². The Balaban J connectivity index is 1.58. The minimum Gasteiger partial charge on any atom is -0.328 e. The summed E-state index contributed by atoms with van der Waals surface area (Å²) in [6, 6.07) is 16.3. The molecule has 3 aromatic rings. The van der Waals surface area contributed by atoms with E-state index in [4.69, 9.17) is 0 Å². The fourth-order valence-electron chi connectivity index (χ4n) is 4.06. The fraction of sp³-hybridized carbons (Fsp3) is 0.348. The molecule has 0 aliphatic carbocycles. The molecule has 4 rings (SSSR count). The highest BCUT2D eigenvalue weighted by Crippen LogP contribution is 2.27. The maximum Gasteiger partial charge on any atom is 0.276 e. The first kappa shape index (κ1) is 20.2. The number of piperazine rings is 1. The van der Waals surface area contributed by atoms with Gasteiger partial charge >= 0.3 is 0 Å². The van der Waals surface area contributed by atoms with Gasteiger partial charge in [0.2, 0.25) is 0 Å². The second-order valence-electron chi connectivity index (χ2n) is 7.75. The molecule has 1 saturated heterocycles. The van der Waals surface area contributed by atoms with Crippen molar-refractivity contribution in [3.8, 4) is 0 Å². The molecule has 30 heavy (non-hydrogen) atoms. The molecule has 0 saturated carbocycles. The van der Waals surface area contributed by atoms with E-state index in [2.05, 4.69) is 34.4 Å². The van der Waals surface area contributed by atoms with Gasteiger partial charge in [-0.15, -0.1) is 5.10 Å². The molecule has 1 aliphatic heterocycles. The highest BCUT2D eigenvalue weighted by molar-refractivity contribution is 5.92. The lowest BCUT2D eigenvalue weighted by molar-refractivity contribution is 0.0492. The summed E-state index contributed by atoms with van der Waals surface area (Å²) in [7, 11) is 2.07. The van der Waals surface area contributed by atoms with Crippen LogP contribution >= 0.6 is 0 Å². The second-order valence-corrected chi connectivity index (χ2v) is 7.75. The van der Waals surface area contributed by atoms with Gasteiger partial charge in [-0.1, -0.05) is 54.6 Å². The van der Waals surface area contributed by atoms with E-state index >= 15 is 0 Å². The molecular formula is C23H26FN5O. The Labute approximate surface area is 175 Å². The van der Waals surface area contributed by atoms with Gasteiger partial charge in [0, 0.05) is 19.6 Å². The number of rotatable bonds is 5. The molecule has 2 aromatic carbocycles. The SMILES string of the molecule is CCC(c1ccc(F)cc1)n1cc(C(=O)N2CCN(C)CC2c2ccccc2)nn1. The number of carbonyl (C=O) groups is 1. The molecule has 1 fully saturated rings. The number of carbonyl (C=O) groups excluding carboxylic acids is 1. The van der Waals surface area contributed by atoms with Gasteiger partial charge < -0.3 is 9.80 Å². The Bertz CT molecular complexity index is 988. The highest BCUT2D eigenvalue weighted by atomic mass is 19.1. The molecule has 1 aromatic heterocycles. The summed E-state index contributed by atoms with van der Waals surface area (Å²) in [5.41, 5.74) is 2.38. The number of benzene rings is 2. The third kappa shape index (κ3) is 4.11. The van der Waals surface area contributed by atoms with Crippen LogP contribution in [0.1, 0.15) is 47.0 Å². The highest BCUT2D eigenvalue weighted by Gasteiger charge is 2.32. The summed E-state index contributed by atoms with van der Waals surface area (Å²) in [5.74, 6) is -0.387. The lowest BCUT2D eigenvalue weighted by Gasteiger charge is -2.40. The standard InChI is InChI=1S/C23H26FN5O/c1-3-21(18-9-11-19(24)12-10-18)29-15-20(25-26-29)23(30)28-14-13-27(2)16-22(28)17-7-5-4-6-8-17/h4-12,15,21-22H,3,13-14,16H2,1-2H3. The zero-order valence-corrected chi connectivity index (χ0v) is 17.3. The van der Waals surface area contributed by atoms with Crippen molar-refractivity contribution in [1.29, 1.82) is 0 Å². The second kappa shape index (κ2) is 8.75. The topological polar surface area (TPSA) is 54.3 Å². The van der Waals surface area contributed by atoms with Crippen LogP contribution in [-0.2, 0) is 0 Å². The van der Waals surface area contributed by atoms with E-state index in [1.165, 1.54) is 12.1 Å². The summed E-state index contributed by atoms with van der Waals surface area (Å²) in [6.07, 6.45) is 2.46. The number of hydrogen-bond donors (Lipinski definition) is 0. The Morgan fingerprint density at radius 1 is 1.13 bits per heavy atom. The largest absolute Gasteiger partial charge is 0.328 e. The van der Waals surface area contributed by atoms with Gasteiger partial charge in [-0.05, 0) is 36.7 Å². The first-order valence-electron chi connectivity index (χ1n) is 10.3. The third-order valence-electron chi connectivity index (χ3n) is 5.72. The van der Waals surface area contributed by atoms with Gasteiger partial charge in [-0.25, -0.2) is 9.07 Å². The van der Waals surface area contributed by atoms with Crippen molar-refractivity contribution in [2.75, 3.05) is 26.7 Å². The molecule has 1 amide bonds. The molecule has 2 heterocycles. The van der Waals surface area contributed by atoms with Crippen molar-refractivity contribution in [3.63, 3.8) is 0 Å². The predicted molar refractivity (Wildman–Crippen MR) is 113 cm³/mol. The number of likely N-dealkylation sites (N-methyl/N-ethyl adjacent to an activating group) is 1. The average molecular weight is 407 g/mol. The minimum absolute atomic E-state index is 0.0262. The Morgan fingerprint density at radius 3 is 2.57 bits per heavy atom. The van der Waals surface area contributed by atoms with Crippen molar-refractivity contribution >= 4 is 5.91 Å². The monoisotopic (exact) mass is 407 g/mol. The van der Waals surface area contributed by atoms with E-state index in [-0.39, 0.29) is 23.8 Å². The van der Waals surface area contributed by atoms with Crippen LogP contribution in [-0.4, -0.2) is 57.4 Å². The summed E-state index contributed by atoms with van der Waals surface area (Å²) in [5, 5.41) is 8.41. The van der Waals surface area contributed by atoms with Crippen LogP contribution in [0, 0.1) is 5.82 Å². The van der Waals surface area contributed by atoms with Crippen molar-refractivity contribution < 1.29 is 9.18 Å². The molecule has 2 atom stereocenters. The van der Waals surface area contributed by atoms with Crippen molar-refractivity contribution in [3.05, 3.63) is 83.4 Å². The Kier molecular flexibility index (Phi) is 5.90. The first-order chi connectivity index (χ1) is 14.6. The van der Waals surface area contributed by atoms with E-state index in [1.54, 1.807) is 23.0 Å². The van der Waals surface area contributed by atoms with Gasteiger partial charge in [0.05, 0.1) is 18.3 Å². The number of hydrogen-bond acceptors (Lipinski definition) is 4. The molecule has 2 unspecified atom stereocenters. The molecule has 156 valence electrons. The molecule has 1 aliphatic rings. The van der Waals surface area contributed by atoms with Crippen molar-refractivity contribution in [1.82, 2.24) is 24.8 Å². The van der Waals surface area contributed by atoms with Crippen LogP contribution in [0.5, 0.6) is 0 Å². The van der Waals surface area contributed by atoms with Gasteiger partial charge in [-0.3, -0.25) is 4.79 Å². The zero-order valence-electron chi connectivity index (χ0n) is 17.3. The fourth-order valence-corrected chi connectivity index (χ4v) is 4.06. The van der Waals surface area contributed by atoms with Crippen LogP contribution in [0.25, 0.3) is 0 Å². The molecule has 6 nitrogen and oxygen atoms in total. The van der Waals surface area contributed by atoms with Gasteiger partial charge in [0.15, 0.2) is 5.69 Å². The normalized spacial score (nSPS) is 18.4. The lowest BCUT2D eigenvalue weighted by atomic mass is 10.0. The summed E-state index contributed by atoms with van der Waals surface area (Å²) in [6.45, 7) is 4.26. The molecule has 0 N–H and O–H groups in total. The summed E-state index contributed by atoms with van der Waals surface area (Å²) >= 11 is 0. The quantitative estimate of drug-likeness (QED) is 0.649. The summed E-state index contributed by atoms with van der Waals surface area (Å²) < 4.78 is 15.0. The molecule has 0 spiro atoms. The van der Waals surface area contributed by atoms with E-state index in [9.17, 15) is 9.18 Å². The van der Waals surface area contributed by atoms with Crippen LogP contribution in [0.2, 0.25) is 0 Å². The number of halogens is 1. The van der Waals surface area contributed by atoms with Crippen LogP contribution in [0.3, 0.4) is 0 Å². The average Bonchev–Trinajstić information content (AvgIpc) is 3.25. The van der Waals surface area contributed by atoms with E-state index in [1.807, 2.05) is 30.0 Å². The first-order valence-corrected chi connectivity index (χ1v) is 10.3. The number of nitrogens with zero attached hydrogens (tertiary/aromatic N) is 5. The Hall–Kier alpha value is -3.06. The minimum atomic E-state index is -0.273. The smallest absolute Gasteiger partial charge is 0.276 e. The van der Waals surface area contributed by atoms with Crippen molar-refractivity contribution in [2.24, 2.45) is 0 Å². The summed E-state index contributed by atoms with van der Waals surface area (Å²) in [4.78, 5) is 17.5. The zero-order chi connectivity index (χ0) is 21.1. The lowest BCUT2D eigenvalue weighted by Crippen LogP contribution is -2.49. The van der Waals surface area contributed by atoms with Crippen LogP contribution < -0.4 is 0 Å². The molecular weight excluding hydrogens is 381 g/mol. The molecule has 7 heteroatoms. The maximum absolute atomic E-state index is 13.3. The van der Waals surface area contributed by atoms with E-state index in [0.717, 1.165) is 30.6 Å². The molecule has 0 radical (unpaired) electrons. The molecule has 0 bridgehead atoms. The van der Waals surface area contributed by atoms with E-state index in [0.29, 0.717) is 12.2 Å². The van der Waals surface area contributed by atoms with Gasteiger partial charge in [-0.2, -0.15) is 0 Å². The van der Waals surface area contributed by atoms with Crippen molar-refractivity contribution in [2.45, 2.75) is 25.4 Å². The van der Waals surface area contributed by atoms with Gasteiger partial charge in [0.25, 0.3) is 5.91 Å². The maximum atomic E-state index is 13.3. The van der Waals surface area contributed by atoms with Crippen LogP contribution in [0.4, 0.5) is 4.39 Å². The predicted octanol–water partition coefficient (Wildman–Crippen LogP) is 3.55. The number of amides is 1. The van der Waals surface area contributed by atoms with Gasteiger partial charge in [0.1, 0.15) is 5.82 Å². The van der Waals surface area contributed by atoms with E-state index < -0.39 is 0 Å². The number of aromatic nitrogens is 3. The third-order valence-corrected chi connectivity index (χ3v) is 5.72.